The van der Waals surface area contributed by atoms with Crippen molar-refractivity contribution in [3.63, 3.8) is 0 Å². The molecule has 0 saturated heterocycles. The Hall–Kier alpha value is -1.90. The summed E-state index contributed by atoms with van der Waals surface area (Å²) in [6, 6.07) is 9.07. The smallest absolute Gasteiger partial charge is 0.203 e. The summed E-state index contributed by atoms with van der Waals surface area (Å²) in [5.74, 6) is 2.79. The van der Waals surface area contributed by atoms with Crippen LogP contribution in [0, 0.1) is 12.3 Å². The number of nitrogens with zero attached hydrogens (tertiary/aromatic N) is 3. The summed E-state index contributed by atoms with van der Waals surface area (Å²) in [4.78, 5) is 2.36. The molecule has 1 aromatic carbocycles. The van der Waals surface area contributed by atoms with E-state index in [9.17, 15) is 0 Å². The molecule has 0 fully saturated rings. The predicted octanol–water partition coefficient (Wildman–Crippen LogP) is 2.29. The number of anilines is 1. The van der Waals surface area contributed by atoms with Crippen molar-refractivity contribution in [2.45, 2.75) is 25.3 Å². The highest BCUT2D eigenvalue weighted by Gasteiger charge is 2.27. The first-order valence-electron chi connectivity index (χ1n) is 7.11. The van der Waals surface area contributed by atoms with E-state index in [-0.39, 0.29) is 0 Å². The minimum absolute atomic E-state index is 0.419. The fourth-order valence-electron chi connectivity index (χ4n) is 2.98. The highest BCUT2D eigenvalue weighted by atomic mass is 32.1. The fourth-order valence-corrected chi connectivity index (χ4v) is 3.58. The lowest BCUT2D eigenvalue weighted by Crippen LogP contribution is -2.30. The largest absolute Gasteiger partial charge is 0.374 e. The average Bonchev–Trinajstić information content (AvgIpc) is 3.10. The molecule has 0 spiro atoms. The van der Waals surface area contributed by atoms with Gasteiger partial charge in [-0.15, -0.1) is 16.6 Å². The second kappa shape index (κ2) is 6.25. The Bertz CT molecular complexity index is 658. The van der Waals surface area contributed by atoms with Gasteiger partial charge in [-0.1, -0.05) is 41.5 Å². The summed E-state index contributed by atoms with van der Waals surface area (Å²) in [7, 11) is 0. The SMILES string of the molecule is C#CCN(CCc1nnc(N)s1)[C@H]1CCc2ccccc21. The standard InChI is InChI=1S/C16H18N4S/c1-2-10-20(11-9-15-18-19-16(17)21-15)14-8-7-12-5-3-4-6-13(12)14/h1,3-6,14H,7-11H2,(H2,17,19)/t14-/m0/s1. The van der Waals surface area contributed by atoms with Crippen LogP contribution in [0.5, 0.6) is 0 Å². The molecule has 1 aliphatic rings. The first kappa shape index (κ1) is 14.1. The molecule has 1 atom stereocenters. The first-order valence-corrected chi connectivity index (χ1v) is 7.92. The number of nitrogen functional groups attached to an aromatic ring is 1. The molecule has 0 aliphatic heterocycles. The monoisotopic (exact) mass is 298 g/mol. The van der Waals surface area contributed by atoms with Gasteiger partial charge in [-0.05, 0) is 24.0 Å². The van der Waals surface area contributed by atoms with E-state index in [1.54, 1.807) is 0 Å². The van der Waals surface area contributed by atoms with Crippen LogP contribution in [0.1, 0.15) is 28.6 Å². The molecule has 4 nitrogen and oxygen atoms in total. The molecule has 0 unspecified atom stereocenters. The van der Waals surface area contributed by atoms with Gasteiger partial charge in [0.25, 0.3) is 0 Å². The highest BCUT2D eigenvalue weighted by Crippen LogP contribution is 2.35. The maximum absolute atomic E-state index is 5.63. The maximum Gasteiger partial charge on any atom is 0.203 e. The quantitative estimate of drug-likeness (QED) is 0.861. The Balaban J connectivity index is 1.72. The lowest BCUT2D eigenvalue weighted by Gasteiger charge is -2.27. The third kappa shape index (κ3) is 3.07. The van der Waals surface area contributed by atoms with E-state index in [1.807, 2.05) is 0 Å². The van der Waals surface area contributed by atoms with Crippen molar-refractivity contribution in [1.29, 1.82) is 0 Å². The molecule has 0 bridgehead atoms. The van der Waals surface area contributed by atoms with Gasteiger partial charge in [0.05, 0.1) is 6.54 Å². The molecule has 2 aromatic rings. The van der Waals surface area contributed by atoms with Gasteiger partial charge in [0, 0.05) is 19.0 Å². The third-order valence-electron chi connectivity index (χ3n) is 3.93. The Morgan fingerprint density at radius 1 is 1.38 bits per heavy atom. The van der Waals surface area contributed by atoms with E-state index in [1.165, 1.54) is 22.5 Å². The van der Waals surface area contributed by atoms with E-state index in [0.29, 0.717) is 17.7 Å². The van der Waals surface area contributed by atoms with Crippen LogP contribution in [0.15, 0.2) is 24.3 Å². The predicted molar refractivity (Wildman–Crippen MR) is 85.9 cm³/mol. The zero-order chi connectivity index (χ0) is 14.7. The molecular formula is C16H18N4S. The first-order chi connectivity index (χ1) is 10.3. The average molecular weight is 298 g/mol. The minimum atomic E-state index is 0.419. The molecule has 2 N–H and O–H groups in total. The molecule has 0 radical (unpaired) electrons. The number of rotatable bonds is 5. The molecule has 1 heterocycles. The van der Waals surface area contributed by atoms with Crippen LogP contribution in [-0.2, 0) is 12.8 Å². The van der Waals surface area contributed by atoms with Crippen LogP contribution in [-0.4, -0.2) is 28.2 Å². The van der Waals surface area contributed by atoms with Crippen LogP contribution >= 0.6 is 11.3 Å². The second-order valence-electron chi connectivity index (χ2n) is 5.21. The number of hydrogen-bond acceptors (Lipinski definition) is 5. The van der Waals surface area contributed by atoms with Crippen LogP contribution in [0.4, 0.5) is 5.13 Å². The van der Waals surface area contributed by atoms with Crippen molar-refractivity contribution >= 4 is 16.5 Å². The number of aryl methyl sites for hydroxylation is 1. The number of aromatic nitrogens is 2. The molecule has 21 heavy (non-hydrogen) atoms. The summed E-state index contributed by atoms with van der Waals surface area (Å²) in [5, 5.41) is 9.45. The van der Waals surface area contributed by atoms with E-state index < -0.39 is 0 Å². The normalized spacial score (nSPS) is 16.9. The van der Waals surface area contributed by atoms with Gasteiger partial charge in [-0.25, -0.2) is 0 Å². The number of hydrogen-bond donors (Lipinski definition) is 1. The van der Waals surface area contributed by atoms with Crippen molar-refractivity contribution in [1.82, 2.24) is 15.1 Å². The molecule has 3 rings (SSSR count). The summed E-state index contributed by atoms with van der Waals surface area (Å²) >= 11 is 1.45. The Kier molecular flexibility index (Phi) is 4.18. The number of fused-ring (bicyclic) bond motifs is 1. The van der Waals surface area contributed by atoms with E-state index in [4.69, 9.17) is 12.2 Å². The highest BCUT2D eigenvalue weighted by molar-refractivity contribution is 7.15. The van der Waals surface area contributed by atoms with Crippen LogP contribution in [0.2, 0.25) is 0 Å². The minimum Gasteiger partial charge on any atom is -0.374 e. The van der Waals surface area contributed by atoms with Crippen molar-refractivity contribution in [3.8, 4) is 12.3 Å². The van der Waals surface area contributed by atoms with Crippen LogP contribution in [0.25, 0.3) is 0 Å². The van der Waals surface area contributed by atoms with E-state index >= 15 is 0 Å². The third-order valence-corrected chi connectivity index (χ3v) is 4.74. The summed E-state index contributed by atoms with van der Waals surface area (Å²) < 4.78 is 0. The van der Waals surface area contributed by atoms with Gasteiger partial charge in [-0.2, -0.15) is 0 Å². The zero-order valence-corrected chi connectivity index (χ0v) is 12.6. The lowest BCUT2D eigenvalue weighted by molar-refractivity contribution is 0.224. The van der Waals surface area contributed by atoms with E-state index in [2.05, 4.69) is 45.3 Å². The van der Waals surface area contributed by atoms with Crippen molar-refractivity contribution in [3.05, 3.63) is 40.4 Å². The Labute approximate surface area is 129 Å². The van der Waals surface area contributed by atoms with Crippen LogP contribution < -0.4 is 5.73 Å². The summed E-state index contributed by atoms with van der Waals surface area (Å²) in [6.45, 7) is 1.55. The molecular weight excluding hydrogens is 280 g/mol. The maximum atomic E-state index is 5.63. The molecule has 108 valence electrons. The zero-order valence-electron chi connectivity index (χ0n) is 11.8. The Morgan fingerprint density at radius 3 is 3.00 bits per heavy atom. The molecule has 0 amide bonds. The van der Waals surface area contributed by atoms with Crippen molar-refractivity contribution in [2.24, 2.45) is 0 Å². The number of nitrogens with two attached hydrogens (primary N) is 1. The summed E-state index contributed by atoms with van der Waals surface area (Å²) in [5.41, 5.74) is 8.50. The van der Waals surface area contributed by atoms with Gasteiger partial charge in [0.1, 0.15) is 5.01 Å². The van der Waals surface area contributed by atoms with Crippen LogP contribution in [0.3, 0.4) is 0 Å². The Morgan fingerprint density at radius 2 is 2.24 bits per heavy atom. The fraction of sp³-hybridized carbons (Fsp3) is 0.375. The number of terminal acetylenes is 1. The van der Waals surface area contributed by atoms with Gasteiger partial charge in [0.15, 0.2) is 0 Å². The van der Waals surface area contributed by atoms with Gasteiger partial charge in [0.2, 0.25) is 5.13 Å². The van der Waals surface area contributed by atoms with Crippen molar-refractivity contribution < 1.29 is 0 Å². The molecule has 1 aromatic heterocycles. The topological polar surface area (TPSA) is 55.0 Å². The second-order valence-corrected chi connectivity index (χ2v) is 6.31. The molecule has 5 heteroatoms. The van der Waals surface area contributed by atoms with Crippen molar-refractivity contribution in [2.75, 3.05) is 18.8 Å². The van der Waals surface area contributed by atoms with Gasteiger partial charge in [-0.3, -0.25) is 4.90 Å². The van der Waals surface area contributed by atoms with Gasteiger partial charge < -0.3 is 5.73 Å². The molecule has 1 aliphatic carbocycles. The lowest BCUT2D eigenvalue weighted by atomic mass is 10.1. The summed E-state index contributed by atoms with van der Waals surface area (Å²) in [6.07, 6.45) is 8.67. The van der Waals surface area contributed by atoms with Gasteiger partial charge >= 0.3 is 0 Å². The number of benzene rings is 1. The molecule has 0 saturated carbocycles. The van der Waals surface area contributed by atoms with E-state index in [0.717, 1.165) is 30.8 Å².